The van der Waals surface area contributed by atoms with Crippen molar-refractivity contribution in [2.75, 3.05) is 43.4 Å². The maximum atomic E-state index is 13.0. The molecule has 0 spiro atoms. The fourth-order valence-electron chi connectivity index (χ4n) is 3.90. The minimum absolute atomic E-state index is 0.0531. The van der Waals surface area contributed by atoms with Crippen molar-refractivity contribution in [3.8, 4) is 0 Å². The molecule has 176 valence electrons. The summed E-state index contributed by atoms with van der Waals surface area (Å²) in [5.74, 6) is -0.318. The maximum Gasteiger partial charge on any atom is 0.265 e. The highest BCUT2D eigenvalue weighted by molar-refractivity contribution is 7.12. The highest BCUT2D eigenvalue weighted by Gasteiger charge is 2.24. The molecule has 3 amide bonds. The lowest BCUT2D eigenvalue weighted by atomic mass is 10.1. The Morgan fingerprint density at radius 2 is 1.68 bits per heavy atom. The number of aryl methyl sites for hydroxylation is 1. The van der Waals surface area contributed by atoms with Crippen LogP contribution in [0.5, 0.6) is 0 Å². The van der Waals surface area contributed by atoms with Crippen LogP contribution in [-0.4, -0.2) is 60.2 Å². The molecule has 0 aliphatic carbocycles. The van der Waals surface area contributed by atoms with Gasteiger partial charge in [-0.05, 0) is 60.7 Å². The predicted molar refractivity (Wildman–Crippen MR) is 136 cm³/mol. The number of piperazine rings is 1. The van der Waals surface area contributed by atoms with Gasteiger partial charge < -0.3 is 15.5 Å². The molecule has 0 unspecified atom stereocenters. The standard InChI is InChI=1S/C26H28N4O3S/c1-18-6-3-9-22(19(18)2)28-24(31)17-29-11-13-30(14-12-29)26(33)20-7-4-8-21(16-20)27-25(32)23-10-5-15-34-23/h3-10,15-16H,11-14,17H2,1-2H3,(H,27,32)(H,28,31). The summed E-state index contributed by atoms with van der Waals surface area (Å²) < 4.78 is 0. The molecule has 3 aromatic rings. The first-order valence-corrected chi connectivity index (χ1v) is 12.1. The Labute approximate surface area is 203 Å². The fourth-order valence-corrected chi connectivity index (χ4v) is 4.52. The number of carbonyl (C=O) groups is 3. The molecule has 0 atom stereocenters. The molecule has 2 heterocycles. The molecule has 2 N–H and O–H groups in total. The van der Waals surface area contributed by atoms with E-state index in [0.29, 0.717) is 48.9 Å². The van der Waals surface area contributed by atoms with Crippen LogP contribution in [0.4, 0.5) is 11.4 Å². The van der Waals surface area contributed by atoms with Crippen molar-refractivity contribution in [2.24, 2.45) is 0 Å². The molecule has 4 rings (SSSR count). The molecule has 1 aliphatic rings. The summed E-state index contributed by atoms with van der Waals surface area (Å²) in [6.45, 7) is 6.65. The second-order valence-electron chi connectivity index (χ2n) is 8.38. The van der Waals surface area contributed by atoms with Crippen LogP contribution < -0.4 is 10.6 Å². The summed E-state index contributed by atoms with van der Waals surface area (Å²) in [6, 6.07) is 16.5. The van der Waals surface area contributed by atoms with E-state index in [9.17, 15) is 14.4 Å². The van der Waals surface area contributed by atoms with Gasteiger partial charge in [-0.2, -0.15) is 0 Å². The molecule has 1 aromatic heterocycles. The minimum Gasteiger partial charge on any atom is -0.336 e. The number of benzene rings is 2. The van der Waals surface area contributed by atoms with Gasteiger partial charge in [-0.1, -0.05) is 24.3 Å². The molecule has 0 saturated carbocycles. The molecule has 1 fully saturated rings. The topological polar surface area (TPSA) is 81.8 Å². The van der Waals surface area contributed by atoms with E-state index >= 15 is 0 Å². The van der Waals surface area contributed by atoms with E-state index in [4.69, 9.17) is 0 Å². The quantitative estimate of drug-likeness (QED) is 0.563. The van der Waals surface area contributed by atoms with Gasteiger partial charge in [0.2, 0.25) is 5.91 Å². The first-order valence-electron chi connectivity index (χ1n) is 11.2. The Morgan fingerprint density at radius 3 is 2.41 bits per heavy atom. The number of hydrogen-bond donors (Lipinski definition) is 2. The van der Waals surface area contributed by atoms with E-state index in [1.807, 2.05) is 43.5 Å². The van der Waals surface area contributed by atoms with Gasteiger partial charge in [0, 0.05) is 43.1 Å². The number of amides is 3. The zero-order chi connectivity index (χ0) is 24.1. The third-order valence-corrected chi connectivity index (χ3v) is 6.89. The molecule has 1 aliphatic heterocycles. The van der Waals surface area contributed by atoms with Gasteiger partial charge in [0.25, 0.3) is 11.8 Å². The van der Waals surface area contributed by atoms with Crippen LogP contribution in [0.3, 0.4) is 0 Å². The SMILES string of the molecule is Cc1cccc(NC(=O)CN2CCN(C(=O)c3cccc(NC(=O)c4cccs4)c3)CC2)c1C. The molecule has 7 nitrogen and oxygen atoms in total. The monoisotopic (exact) mass is 476 g/mol. The predicted octanol–water partition coefficient (Wildman–Crippen LogP) is 4.01. The van der Waals surface area contributed by atoms with E-state index in [2.05, 4.69) is 15.5 Å². The van der Waals surface area contributed by atoms with E-state index < -0.39 is 0 Å². The number of hydrogen-bond acceptors (Lipinski definition) is 5. The third-order valence-electron chi connectivity index (χ3n) is 6.02. The zero-order valence-electron chi connectivity index (χ0n) is 19.3. The van der Waals surface area contributed by atoms with Gasteiger partial charge in [0.1, 0.15) is 0 Å². The highest BCUT2D eigenvalue weighted by Crippen LogP contribution is 2.19. The van der Waals surface area contributed by atoms with Crippen LogP contribution in [0.25, 0.3) is 0 Å². The summed E-state index contributed by atoms with van der Waals surface area (Å²) in [5, 5.41) is 7.69. The van der Waals surface area contributed by atoms with Crippen LogP contribution in [0.15, 0.2) is 60.0 Å². The average Bonchev–Trinajstić information content (AvgIpc) is 3.38. The minimum atomic E-state index is -0.188. The molecule has 34 heavy (non-hydrogen) atoms. The van der Waals surface area contributed by atoms with Crippen molar-refractivity contribution >= 4 is 40.4 Å². The Morgan fingerprint density at radius 1 is 0.912 bits per heavy atom. The lowest BCUT2D eigenvalue weighted by Crippen LogP contribution is -2.50. The fraction of sp³-hybridized carbons (Fsp3) is 0.269. The van der Waals surface area contributed by atoms with E-state index in [-0.39, 0.29) is 17.7 Å². The van der Waals surface area contributed by atoms with Gasteiger partial charge in [-0.3, -0.25) is 19.3 Å². The van der Waals surface area contributed by atoms with Crippen molar-refractivity contribution in [1.29, 1.82) is 0 Å². The summed E-state index contributed by atoms with van der Waals surface area (Å²) >= 11 is 1.37. The molecular weight excluding hydrogens is 448 g/mol. The van der Waals surface area contributed by atoms with Crippen molar-refractivity contribution in [1.82, 2.24) is 9.80 Å². The van der Waals surface area contributed by atoms with Crippen LogP contribution in [0.2, 0.25) is 0 Å². The second-order valence-corrected chi connectivity index (χ2v) is 9.32. The molecule has 0 radical (unpaired) electrons. The van der Waals surface area contributed by atoms with Gasteiger partial charge in [0.15, 0.2) is 0 Å². The maximum absolute atomic E-state index is 13.0. The Bertz CT molecular complexity index is 1180. The number of rotatable bonds is 6. The van der Waals surface area contributed by atoms with Crippen LogP contribution in [0.1, 0.15) is 31.2 Å². The number of nitrogens with zero attached hydrogens (tertiary/aromatic N) is 2. The molecule has 1 saturated heterocycles. The third kappa shape index (κ3) is 5.70. The lowest BCUT2D eigenvalue weighted by molar-refractivity contribution is -0.117. The molecule has 2 aromatic carbocycles. The van der Waals surface area contributed by atoms with Crippen molar-refractivity contribution < 1.29 is 14.4 Å². The lowest BCUT2D eigenvalue weighted by Gasteiger charge is -2.34. The second kappa shape index (κ2) is 10.6. The van der Waals surface area contributed by atoms with Gasteiger partial charge in [0.05, 0.1) is 11.4 Å². The number of thiophene rings is 1. The van der Waals surface area contributed by atoms with E-state index in [1.165, 1.54) is 11.3 Å². The Hall–Kier alpha value is -3.49. The van der Waals surface area contributed by atoms with E-state index in [1.54, 1.807) is 35.2 Å². The van der Waals surface area contributed by atoms with Gasteiger partial charge in [-0.25, -0.2) is 0 Å². The van der Waals surface area contributed by atoms with Gasteiger partial charge in [-0.15, -0.1) is 11.3 Å². The van der Waals surface area contributed by atoms with Crippen molar-refractivity contribution in [3.05, 3.63) is 81.5 Å². The smallest absolute Gasteiger partial charge is 0.265 e. The largest absolute Gasteiger partial charge is 0.336 e. The van der Waals surface area contributed by atoms with Gasteiger partial charge >= 0.3 is 0 Å². The molecule has 0 bridgehead atoms. The first-order chi connectivity index (χ1) is 16.4. The summed E-state index contributed by atoms with van der Waals surface area (Å²) in [4.78, 5) is 42.3. The number of nitrogens with one attached hydrogen (secondary N) is 2. The molecule has 8 heteroatoms. The number of anilines is 2. The summed E-state index contributed by atoms with van der Waals surface area (Å²) in [6.07, 6.45) is 0. The normalized spacial score (nSPS) is 14.0. The first kappa shape index (κ1) is 23.7. The average molecular weight is 477 g/mol. The van der Waals surface area contributed by atoms with Crippen LogP contribution in [-0.2, 0) is 4.79 Å². The van der Waals surface area contributed by atoms with Crippen LogP contribution in [0, 0.1) is 13.8 Å². The van der Waals surface area contributed by atoms with E-state index in [0.717, 1.165) is 16.8 Å². The highest BCUT2D eigenvalue weighted by atomic mass is 32.1. The number of carbonyl (C=O) groups excluding carboxylic acids is 3. The van der Waals surface area contributed by atoms with Crippen molar-refractivity contribution in [3.63, 3.8) is 0 Å². The Kier molecular flexibility index (Phi) is 7.40. The summed E-state index contributed by atoms with van der Waals surface area (Å²) in [5.41, 5.74) is 4.17. The Balaban J connectivity index is 1.29. The zero-order valence-corrected chi connectivity index (χ0v) is 20.2. The van der Waals surface area contributed by atoms with Crippen molar-refractivity contribution in [2.45, 2.75) is 13.8 Å². The molecular formula is C26H28N4O3S. The van der Waals surface area contributed by atoms with Crippen LogP contribution >= 0.6 is 11.3 Å². The summed E-state index contributed by atoms with van der Waals surface area (Å²) in [7, 11) is 0.